The Morgan fingerprint density at radius 1 is 1.15 bits per heavy atom. The van der Waals surface area contributed by atoms with Gasteiger partial charge in [-0.05, 0) is 29.8 Å². The van der Waals surface area contributed by atoms with Crippen molar-refractivity contribution >= 4 is 17.5 Å². The SMILES string of the molecule is N#Cc1ccc(CSCC(=O)C(C#N)c2ccc(C(F)(F)F)cn2)cc1. The van der Waals surface area contributed by atoms with Crippen LogP contribution in [0.5, 0.6) is 0 Å². The van der Waals surface area contributed by atoms with Crippen LogP contribution in [0.1, 0.15) is 28.3 Å². The van der Waals surface area contributed by atoms with Crippen LogP contribution in [0.2, 0.25) is 0 Å². The maximum Gasteiger partial charge on any atom is 0.417 e. The second-order valence-electron chi connectivity index (χ2n) is 5.30. The van der Waals surface area contributed by atoms with Crippen LogP contribution in [0.15, 0.2) is 42.6 Å². The number of thioether (sulfide) groups is 1. The third kappa shape index (κ3) is 5.08. The first-order valence-electron chi connectivity index (χ1n) is 7.37. The lowest BCUT2D eigenvalue weighted by Gasteiger charge is -2.10. The van der Waals surface area contributed by atoms with Crippen molar-refractivity contribution < 1.29 is 18.0 Å². The van der Waals surface area contributed by atoms with Crippen LogP contribution in [0, 0.1) is 22.7 Å². The average Bonchev–Trinajstić information content (AvgIpc) is 2.62. The quantitative estimate of drug-likeness (QED) is 0.760. The van der Waals surface area contributed by atoms with E-state index in [2.05, 4.69) is 4.98 Å². The first-order valence-corrected chi connectivity index (χ1v) is 8.53. The minimum atomic E-state index is -4.52. The summed E-state index contributed by atoms with van der Waals surface area (Å²) >= 11 is 1.28. The fourth-order valence-corrected chi connectivity index (χ4v) is 2.97. The zero-order valence-electron chi connectivity index (χ0n) is 13.3. The number of aromatic nitrogens is 1. The molecule has 26 heavy (non-hydrogen) atoms. The molecule has 8 heteroatoms. The molecule has 0 spiro atoms. The molecule has 0 N–H and O–H groups in total. The van der Waals surface area contributed by atoms with Gasteiger partial charge in [0.25, 0.3) is 0 Å². The summed E-state index contributed by atoms with van der Waals surface area (Å²) in [7, 11) is 0. The number of Topliss-reactive ketones (excluding diaryl/α,β-unsaturated/α-hetero) is 1. The van der Waals surface area contributed by atoms with Crippen LogP contribution in [0.4, 0.5) is 13.2 Å². The Kier molecular flexibility index (Phi) is 6.37. The summed E-state index contributed by atoms with van der Waals surface area (Å²) in [5, 5.41) is 17.9. The minimum absolute atomic E-state index is 0.00414. The van der Waals surface area contributed by atoms with E-state index in [0.717, 1.165) is 17.7 Å². The molecule has 132 valence electrons. The molecule has 1 heterocycles. The van der Waals surface area contributed by atoms with E-state index in [0.29, 0.717) is 17.5 Å². The molecule has 1 atom stereocenters. The Morgan fingerprint density at radius 3 is 2.35 bits per heavy atom. The first-order chi connectivity index (χ1) is 12.3. The Balaban J connectivity index is 1.96. The standard InChI is InChI=1S/C18H12F3N3OS/c19-18(20,21)14-5-6-16(24-9-14)15(8-23)17(25)11-26-10-13-3-1-12(7-22)2-4-13/h1-6,9,15H,10-11H2. The lowest BCUT2D eigenvalue weighted by Crippen LogP contribution is -2.15. The van der Waals surface area contributed by atoms with Gasteiger partial charge in [-0.3, -0.25) is 9.78 Å². The fourth-order valence-electron chi connectivity index (χ4n) is 2.08. The van der Waals surface area contributed by atoms with E-state index < -0.39 is 23.4 Å². The summed E-state index contributed by atoms with van der Waals surface area (Å²) in [6.45, 7) is 0. The van der Waals surface area contributed by atoms with Crippen molar-refractivity contribution in [2.24, 2.45) is 0 Å². The van der Waals surface area contributed by atoms with E-state index in [4.69, 9.17) is 5.26 Å². The van der Waals surface area contributed by atoms with E-state index in [1.807, 2.05) is 6.07 Å². The number of nitriles is 2. The summed E-state index contributed by atoms with van der Waals surface area (Å²) in [6.07, 6.45) is -3.90. The molecular weight excluding hydrogens is 363 g/mol. The highest BCUT2D eigenvalue weighted by Gasteiger charge is 2.31. The Labute approximate surface area is 152 Å². The lowest BCUT2D eigenvalue weighted by molar-refractivity contribution is -0.137. The molecule has 2 rings (SSSR count). The third-order valence-corrected chi connectivity index (χ3v) is 4.48. The molecule has 0 bridgehead atoms. The third-order valence-electron chi connectivity index (χ3n) is 3.46. The predicted molar refractivity (Wildman–Crippen MR) is 89.9 cm³/mol. The van der Waals surface area contributed by atoms with Gasteiger partial charge in [0.05, 0.1) is 34.7 Å². The van der Waals surface area contributed by atoms with Gasteiger partial charge in [-0.25, -0.2) is 0 Å². The van der Waals surface area contributed by atoms with Crippen LogP contribution in [-0.4, -0.2) is 16.5 Å². The smallest absolute Gasteiger partial charge is 0.297 e. The van der Waals surface area contributed by atoms with Crippen molar-refractivity contribution in [2.75, 3.05) is 5.75 Å². The highest BCUT2D eigenvalue weighted by Crippen LogP contribution is 2.29. The van der Waals surface area contributed by atoms with Crippen molar-refractivity contribution in [1.29, 1.82) is 10.5 Å². The number of carbonyl (C=O) groups excluding carboxylic acids is 1. The van der Waals surface area contributed by atoms with Gasteiger partial charge in [0, 0.05) is 11.9 Å². The zero-order valence-corrected chi connectivity index (χ0v) is 14.1. The molecule has 4 nitrogen and oxygen atoms in total. The number of carbonyl (C=O) groups is 1. The van der Waals surface area contributed by atoms with Gasteiger partial charge in [0.2, 0.25) is 0 Å². The number of hydrogen-bond donors (Lipinski definition) is 0. The summed E-state index contributed by atoms with van der Waals surface area (Å²) in [4.78, 5) is 15.8. The Hall–Kier alpha value is -2.84. The van der Waals surface area contributed by atoms with Crippen LogP contribution in [0.25, 0.3) is 0 Å². The van der Waals surface area contributed by atoms with Crippen molar-refractivity contribution in [3.05, 3.63) is 65.0 Å². The van der Waals surface area contributed by atoms with E-state index in [9.17, 15) is 23.2 Å². The van der Waals surface area contributed by atoms with Gasteiger partial charge in [0.1, 0.15) is 5.92 Å². The van der Waals surface area contributed by atoms with Crippen LogP contribution in [-0.2, 0) is 16.7 Å². The molecule has 0 saturated carbocycles. The number of ketones is 1. The van der Waals surface area contributed by atoms with Crippen LogP contribution >= 0.6 is 11.8 Å². The van der Waals surface area contributed by atoms with Crippen LogP contribution < -0.4 is 0 Å². The normalized spacial score (nSPS) is 12.0. The second-order valence-corrected chi connectivity index (χ2v) is 6.29. The molecule has 0 fully saturated rings. The lowest BCUT2D eigenvalue weighted by atomic mass is 10.0. The topological polar surface area (TPSA) is 77.5 Å². The molecule has 0 radical (unpaired) electrons. The monoisotopic (exact) mass is 375 g/mol. The number of rotatable bonds is 6. The van der Waals surface area contributed by atoms with E-state index >= 15 is 0 Å². The summed E-state index contributed by atoms with van der Waals surface area (Å²) in [5.41, 5.74) is 0.528. The molecule has 2 aromatic rings. The average molecular weight is 375 g/mol. The van der Waals surface area contributed by atoms with Crippen molar-refractivity contribution in [2.45, 2.75) is 17.8 Å². The van der Waals surface area contributed by atoms with Crippen molar-refractivity contribution in [1.82, 2.24) is 4.98 Å². The number of nitrogens with zero attached hydrogens (tertiary/aromatic N) is 3. The number of halogens is 3. The molecular formula is C18H12F3N3OS. The Bertz CT molecular complexity index is 850. The highest BCUT2D eigenvalue weighted by molar-refractivity contribution is 7.99. The molecule has 1 aromatic carbocycles. The molecule has 0 aliphatic rings. The maximum atomic E-state index is 12.5. The van der Waals surface area contributed by atoms with E-state index in [1.54, 1.807) is 30.3 Å². The molecule has 0 saturated heterocycles. The highest BCUT2D eigenvalue weighted by atomic mass is 32.2. The largest absolute Gasteiger partial charge is 0.417 e. The van der Waals surface area contributed by atoms with Gasteiger partial charge in [-0.1, -0.05) is 12.1 Å². The van der Waals surface area contributed by atoms with E-state index in [-0.39, 0.29) is 11.4 Å². The summed E-state index contributed by atoms with van der Waals surface area (Å²) in [6, 6.07) is 12.6. The van der Waals surface area contributed by atoms with Gasteiger partial charge in [-0.2, -0.15) is 23.7 Å². The van der Waals surface area contributed by atoms with Gasteiger partial charge in [-0.15, -0.1) is 11.8 Å². The number of benzene rings is 1. The fraction of sp³-hybridized carbons (Fsp3) is 0.222. The number of alkyl halides is 3. The summed E-state index contributed by atoms with van der Waals surface area (Å²) in [5.74, 6) is -1.08. The number of hydrogen-bond acceptors (Lipinski definition) is 5. The molecule has 1 aromatic heterocycles. The van der Waals surface area contributed by atoms with Gasteiger partial charge in [0.15, 0.2) is 5.78 Å². The zero-order chi connectivity index (χ0) is 19.2. The van der Waals surface area contributed by atoms with Crippen LogP contribution in [0.3, 0.4) is 0 Å². The Morgan fingerprint density at radius 2 is 1.85 bits per heavy atom. The van der Waals surface area contributed by atoms with Crippen molar-refractivity contribution in [3.8, 4) is 12.1 Å². The molecule has 0 amide bonds. The van der Waals surface area contributed by atoms with Gasteiger partial charge < -0.3 is 0 Å². The van der Waals surface area contributed by atoms with Gasteiger partial charge >= 0.3 is 6.18 Å². The minimum Gasteiger partial charge on any atom is -0.297 e. The second kappa shape index (κ2) is 8.50. The molecule has 0 aliphatic carbocycles. The molecule has 1 unspecified atom stereocenters. The van der Waals surface area contributed by atoms with E-state index in [1.165, 1.54) is 11.8 Å². The first kappa shape index (κ1) is 19.5. The predicted octanol–water partition coefficient (Wildman–Crippen LogP) is 4.08. The maximum absolute atomic E-state index is 12.5. The number of pyridine rings is 1. The molecule has 0 aliphatic heterocycles. The van der Waals surface area contributed by atoms with Crippen molar-refractivity contribution in [3.63, 3.8) is 0 Å². The summed E-state index contributed by atoms with van der Waals surface area (Å²) < 4.78 is 37.6.